The molecule has 0 saturated heterocycles. The summed E-state index contributed by atoms with van der Waals surface area (Å²) in [5, 5.41) is 2.71. The van der Waals surface area contributed by atoms with Gasteiger partial charge < -0.3 is 0 Å². The Labute approximate surface area is 161 Å². The topological polar surface area (TPSA) is 0 Å². The van der Waals surface area contributed by atoms with E-state index < -0.39 is 0 Å². The molecule has 0 heterocycles. The Morgan fingerprint density at radius 2 is 1.75 bits per heavy atom. The van der Waals surface area contributed by atoms with Crippen molar-refractivity contribution in [2.24, 2.45) is 5.92 Å². The van der Waals surface area contributed by atoms with Gasteiger partial charge in [0.2, 0.25) is 0 Å². The summed E-state index contributed by atoms with van der Waals surface area (Å²) in [5.41, 5.74) is 1.36. The van der Waals surface area contributed by atoms with Crippen LogP contribution in [0.25, 0.3) is 10.8 Å². The molecule has 0 aromatic heterocycles. The van der Waals surface area contributed by atoms with Gasteiger partial charge in [-0.25, -0.2) is 0 Å². The molecule has 0 spiro atoms. The van der Waals surface area contributed by atoms with E-state index in [2.05, 4.69) is 92.1 Å². The number of hydrogen-bond acceptors (Lipinski definition) is 0. The fourth-order valence-electron chi connectivity index (χ4n) is 3.52. The number of unbranched alkanes of at least 4 members (excludes halogenated alkanes) is 3. The zero-order valence-corrected chi connectivity index (χ0v) is 16.8. The Morgan fingerprint density at radius 1 is 0.958 bits per heavy atom. The van der Waals surface area contributed by atoms with E-state index in [1.807, 2.05) is 0 Å². The van der Waals surface area contributed by atoms with Crippen molar-refractivity contribution in [3.05, 3.63) is 76.6 Å². The number of hydrogen-bond donors (Lipinski definition) is 0. The van der Waals surface area contributed by atoms with Crippen LogP contribution in [0, 0.1) is 40.6 Å². The van der Waals surface area contributed by atoms with Crippen molar-refractivity contribution in [3.8, 4) is 0 Å². The SMILES string of the molecule is CCCCCCC(C)[C]1[CH][CH][C](c2cccc3cccc(I)c23)[CH]1. The second-order valence-corrected chi connectivity index (χ2v) is 7.99. The monoisotopic (exact) mass is 429 g/mol. The first-order valence-electron chi connectivity index (χ1n) is 9.15. The molecule has 24 heavy (non-hydrogen) atoms. The molecule has 0 bridgehead atoms. The molecule has 1 fully saturated rings. The highest BCUT2D eigenvalue weighted by Gasteiger charge is 2.32. The molecule has 0 nitrogen and oxygen atoms in total. The average molecular weight is 429 g/mol. The van der Waals surface area contributed by atoms with Gasteiger partial charge in [-0.05, 0) is 76.1 Å². The lowest BCUT2D eigenvalue weighted by Crippen LogP contribution is -2.07. The summed E-state index contributed by atoms with van der Waals surface area (Å²) in [7, 11) is 0. The zero-order chi connectivity index (χ0) is 16.9. The number of fused-ring (bicyclic) bond motifs is 1. The predicted molar refractivity (Wildman–Crippen MR) is 113 cm³/mol. The van der Waals surface area contributed by atoms with Gasteiger partial charge in [0.15, 0.2) is 0 Å². The van der Waals surface area contributed by atoms with E-state index in [1.165, 1.54) is 63.8 Å². The van der Waals surface area contributed by atoms with Gasteiger partial charge >= 0.3 is 0 Å². The van der Waals surface area contributed by atoms with E-state index in [9.17, 15) is 0 Å². The van der Waals surface area contributed by atoms with E-state index in [1.54, 1.807) is 0 Å². The second-order valence-electron chi connectivity index (χ2n) is 6.83. The number of rotatable bonds is 7. The van der Waals surface area contributed by atoms with E-state index in [0.29, 0.717) is 5.92 Å². The van der Waals surface area contributed by atoms with Crippen LogP contribution < -0.4 is 0 Å². The van der Waals surface area contributed by atoms with Crippen LogP contribution in [0.15, 0.2) is 36.4 Å². The van der Waals surface area contributed by atoms with Crippen LogP contribution in [-0.2, 0) is 0 Å². The maximum atomic E-state index is 2.46. The van der Waals surface area contributed by atoms with Gasteiger partial charge in [0.1, 0.15) is 0 Å². The summed E-state index contributed by atoms with van der Waals surface area (Å²) < 4.78 is 1.33. The fourth-order valence-corrected chi connectivity index (χ4v) is 4.33. The molecule has 1 aliphatic carbocycles. The molecular formula is C23H26I. The molecule has 0 N–H and O–H groups in total. The standard InChI is InChI=1S/C23H26I/c1-3-4-5-6-9-17(2)19-14-15-20(16-19)21-12-7-10-18-11-8-13-22(24)23(18)21/h7-8,10-17H,3-6,9H2,1-2H3. The van der Waals surface area contributed by atoms with Gasteiger partial charge in [0.05, 0.1) is 0 Å². The van der Waals surface area contributed by atoms with Crippen molar-refractivity contribution in [2.75, 3.05) is 0 Å². The molecule has 0 aliphatic heterocycles. The van der Waals surface area contributed by atoms with Crippen molar-refractivity contribution in [1.82, 2.24) is 0 Å². The van der Waals surface area contributed by atoms with Crippen LogP contribution in [0.1, 0.15) is 51.5 Å². The van der Waals surface area contributed by atoms with Gasteiger partial charge in [-0.1, -0.05) is 76.3 Å². The molecule has 1 aliphatic rings. The summed E-state index contributed by atoms with van der Waals surface area (Å²) in [5.74, 6) is 3.51. The van der Waals surface area contributed by atoms with Crippen LogP contribution in [0.2, 0.25) is 0 Å². The highest BCUT2D eigenvalue weighted by molar-refractivity contribution is 14.1. The maximum Gasteiger partial charge on any atom is 0.0211 e. The second kappa shape index (κ2) is 8.69. The van der Waals surface area contributed by atoms with Crippen LogP contribution in [-0.4, -0.2) is 0 Å². The molecule has 3 rings (SSSR count). The Kier molecular flexibility index (Phi) is 6.60. The first kappa shape index (κ1) is 18.2. The summed E-state index contributed by atoms with van der Waals surface area (Å²) in [6.07, 6.45) is 13.7. The Morgan fingerprint density at radius 3 is 2.54 bits per heavy atom. The van der Waals surface area contributed by atoms with E-state index in [0.717, 1.165) is 0 Å². The number of benzene rings is 2. The average Bonchev–Trinajstić information content (AvgIpc) is 3.08. The van der Waals surface area contributed by atoms with Gasteiger partial charge in [-0.2, -0.15) is 0 Å². The summed E-state index contributed by atoms with van der Waals surface area (Å²) in [4.78, 5) is 0. The minimum absolute atomic E-state index is 0.657. The first-order chi connectivity index (χ1) is 11.7. The van der Waals surface area contributed by atoms with E-state index >= 15 is 0 Å². The van der Waals surface area contributed by atoms with Crippen molar-refractivity contribution in [1.29, 1.82) is 0 Å². The Hall–Kier alpha value is -0.570. The predicted octanol–water partition coefficient (Wildman–Crippen LogP) is 7.17. The quantitative estimate of drug-likeness (QED) is 0.323. The maximum absolute atomic E-state index is 2.46. The minimum atomic E-state index is 0.657. The van der Waals surface area contributed by atoms with Gasteiger partial charge in [-0.15, -0.1) is 0 Å². The molecule has 5 radical (unpaired) electrons. The van der Waals surface area contributed by atoms with E-state index in [4.69, 9.17) is 0 Å². The third-order valence-electron chi connectivity index (χ3n) is 5.00. The smallest absolute Gasteiger partial charge is 0.0211 e. The first-order valence-corrected chi connectivity index (χ1v) is 10.2. The third kappa shape index (κ3) is 4.15. The molecule has 125 valence electrons. The molecule has 1 atom stereocenters. The van der Waals surface area contributed by atoms with Crippen molar-refractivity contribution >= 4 is 33.4 Å². The summed E-state index contributed by atoms with van der Waals surface area (Å²) in [6, 6.07) is 13.2. The zero-order valence-electron chi connectivity index (χ0n) is 14.7. The normalized spacial score (nSPS) is 17.6. The summed E-state index contributed by atoms with van der Waals surface area (Å²) >= 11 is 2.46. The molecule has 1 unspecified atom stereocenters. The lowest BCUT2D eigenvalue weighted by atomic mass is 9.85. The Balaban J connectivity index is 1.68. The number of halogens is 1. The molecule has 2 aromatic rings. The molecular weight excluding hydrogens is 403 g/mol. The van der Waals surface area contributed by atoms with E-state index in [-0.39, 0.29) is 0 Å². The molecule has 1 saturated carbocycles. The van der Waals surface area contributed by atoms with Gasteiger partial charge in [0.25, 0.3) is 0 Å². The lowest BCUT2D eigenvalue weighted by molar-refractivity contribution is 0.519. The van der Waals surface area contributed by atoms with Gasteiger partial charge in [0, 0.05) is 9.49 Å². The highest BCUT2D eigenvalue weighted by Crippen LogP contribution is 2.43. The van der Waals surface area contributed by atoms with Crippen LogP contribution in [0.3, 0.4) is 0 Å². The lowest BCUT2D eigenvalue weighted by Gasteiger charge is -2.19. The highest BCUT2D eigenvalue weighted by atomic mass is 127. The third-order valence-corrected chi connectivity index (χ3v) is 5.90. The van der Waals surface area contributed by atoms with Crippen molar-refractivity contribution in [3.63, 3.8) is 0 Å². The minimum Gasteiger partial charge on any atom is -0.0654 e. The Bertz CT molecular complexity index is 655. The van der Waals surface area contributed by atoms with Crippen LogP contribution in [0.5, 0.6) is 0 Å². The molecule has 2 aromatic carbocycles. The van der Waals surface area contributed by atoms with Crippen molar-refractivity contribution < 1.29 is 0 Å². The fraction of sp³-hybridized carbons (Fsp3) is 0.348. The largest absolute Gasteiger partial charge is 0.0654 e. The van der Waals surface area contributed by atoms with Crippen molar-refractivity contribution in [2.45, 2.75) is 46.0 Å². The summed E-state index contributed by atoms with van der Waals surface area (Å²) in [6.45, 7) is 4.65. The molecule has 1 heteroatoms. The van der Waals surface area contributed by atoms with Crippen LogP contribution >= 0.6 is 22.6 Å². The van der Waals surface area contributed by atoms with Crippen LogP contribution in [0.4, 0.5) is 0 Å². The molecule has 0 amide bonds. The van der Waals surface area contributed by atoms with Gasteiger partial charge in [-0.3, -0.25) is 0 Å².